The van der Waals surface area contributed by atoms with E-state index in [2.05, 4.69) is 26.0 Å². The highest BCUT2D eigenvalue weighted by molar-refractivity contribution is 9.10. The summed E-state index contributed by atoms with van der Waals surface area (Å²) < 4.78 is 7.91. The van der Waals surface area contributed by atoms with Gasteiger partial charge in [0.2, 0.25) is 4.73 Å². The molecule has 12 heavy (non-hydrogen) atoms. The summed E-state index contributed by atoms with van der Waals surface area (Å²) in [4.78, 5) is 3.98. The molecule has 1 aliphatic rings. The zero-order valence-electron chi connectivity index (χ0n) is 6.61. The Morgan fingerprint density at radius 2 is 2.50 bits per heavy atom. The van der Waals surface area contributed by atoms with E-state index in [0.29, 0.717) is 4.73 Å². The van der Waals surface area contributed by atoms with Crippen molar-refractivity contribution in [2.45, 2.75) is 25.5 Å². The number of hydrogen-bond acceptors (Lipinski definition) is 3. The van der Waals surface area contributed by atoms with Crippen LogP contribution in [-0.4, -0.2) is 21.4 Å². The molecule has 0 N–H and O–H groups in total. The minimum Gasteiger partial charge on any atom is -0.356 e. The molecule has 4 nitrogen and oxygen atoms in total. The summed E-state index contributed by atoms with van der Waals surface area (Å²) in [5.41, 5.74) is 0. The van der Waals surface area contributed by atoms with Gasteiger partial charge >= 0.3 is 0 Å². The molecule has 1 aliphatic heterocycles. The van der Waals surface area contributed by atoms with Crippen molar-refractivity contribution in [3.8, 4) is 0 Å². The van der Waals surface area contributed by atoms with E-state index < -0.39 is 0 Å². The largest absolute Gasteiger partial charge is 0.356 e. The van der Waals surface area contributed by atoms with Crippen LogP contribution < -0.4 is 0 Å². The van der Waals surface area contributed by atoms with Gasteiger partial charge in [0, 0.05) is 6.61 Å². The van der Waals surface area contributed by atoms with Gasteiger partial charge in [-0.15, -0.1) is 5.10 Å². The fourth-order valence-corrected chi connectivity index (χ4v) is 1.60. The van der Waals surface area contributed by atoms with Gasteiger partial charge in [-0.25, -0.2) is 9.67 Å². The summed E-state index contributed by atoms with van der Waals surface area (Å²) in [7, 11) is 0. The highest BCUT2D eigenvalue weighted by Crippen LogP contribution is 2.21. The first-order valence-corrected chi connectivity index (χ1v) is 4.84. The predicted molar refractivity (Wildman–Crippen MR) is 46.6 cm³/mol. The maximum absolute atomic E-state index is 5.52. The van der Waals surface area contributed by atoms with Crippen LogP contribution in [0.2, 0.25) is 0 Å². The molecule has 1 fully saturated rings. The van der Waals surface area contributed by atoms with E-state index in [4.69, 9.17) is 4.74 Å². The zero-order chi connectivity index (χ0) is 8.39. The molecular weight excluding hydrogens is 222 g/mol. The molecule has 0 aromatic carbocycles. The van der Waals surface area contributed by atoms with Gasteiger partial charge in [-0.3, -0.25) is 0 Å². The van der Waals surface area contributed by atoms with Crippen molar-refractivity contribution in [2.24, 2.45) is 0 Å². The average molecular weight is 232 g/mol. The number of rotatable bonds is 1. The van der Waals surface area contributed by atoms with Crippen molar-refractivity contribution < 1.29 is 4.74 Å². The third-order valence-corrected chi connectivity index (χ3v) is 2.29. The van der Waals surface area contributed by atoms with Crippen molar-refractivity contribution in [1.29, 1.82) is 0 Å². The summed E-state index contributed by atoms with van der Waals surface area (Å²) in [5.74, 6) is 0. The van der Waals surface area contributed by atoms with E-state index in [0.717, 1.165) is 19.4 Å². The van der Waals surface area contributed by atoms with E-state index in [9.17, 15) is 0 Å². The third kappa shape index (κ3) is 1.67. The Balaban J connectivity index is 2.08. The van der Waals surface area contributed by atoms with Crippen molar-refractivity contribution in [2.75, 3.05) is 6.61 Å². The molecule has 0 saturated carbocycles. The second-order valence-electron chi connectivity index (χ2n) is 2.81. The van der Waals surface area contributed by atoms with E-state index in [1.165, 1.54) is 6.42 Å². The van der Waals surface area contributed by atoms with Gasteiger partial charge < -0.3 is 4.74 Å². The molecule has 0 amide bonds. The van der Waals surface area contributed by atoms with Gasteiger partial charge in [-0.2, -0.15) is 0 Å². The number of aromatic nitrogens is 3. The highest BCUT2D eigenvalue weighted by atomic mass is 79.9. The molecule has 1 saturated heterocycles. The second-order valence-corrected chi connectivity index (χ2v) is 3.52. The topological polar surface area (TPSA) is 39.9 Å². The van der Waals surface area contributed by atoms with Crippen LogP contribution in [-0.2, 0) is 4.74 Å². The van der Waals surface area contributed by atoms with E-state index in [1.807, 2.05) is 0 Å². The normalized spacial score (nSPS) is 24.2. The van der Waals surface area contributed by atoms with Gasteiger partial charge in [-0.05, 0) is 35.2 Å². The summed E-state index contributed by atoms with van der Waals surface area (Å²) >= 11 is 3.20. The lowest BCUT2D eigenvalue weighted by Crippen LogP contribution is -2.18. The highest BCUT2D eigenvalue weighted by Gasteiger charge is 2.16. The molecule has 0 bridgehead atoms. The molecule has 1 aromatic heterocycles. The summed E-state index contributed by atoms with van der Waals surface area (Å²) in [6.07, 6.45) is 5.20. The van der Waals surface area contributed by atoms with E-state index >= 15 is 0 Å². The maximum Gasteiger partial charge on any atom is 0.217 e. The van der Waals surface area contributed by atoms with Gasteiger partial charge in [0.15, 0.2) is 6.23 Å². The van der Waals surface area contributed by atoms with Crippen LogP contribution in [0.3, 0.4) is 0 Å². The minimum absolute atomic E-state index is 0.0950. The Hall–Kier alpha value is -0.420. The maximum atomic E-state index is 5.52. The molecular formula is C7H10BrN3O. The lowest BCUT2D eigenvalue weighted by Gasteiger charge is -2.21. The summed E-state index contributed by atoms with van der Waals surface area (Å²) in [6.45, 7) is 0.835. The first kappa shape index (κ1) is 8.19. The quantitative estimate of drug-likeness (QED) is 0.740. The van der Waals surface area contributed by atoms with Crippen LogP contribution in [0.15, 0.2) is 11.1 Å². The van der Waals surface area contributed by atoms with Crippen molar-refractivity contribution in [3.05, 3.63) is 11.1 Å². The first-order chi connectivity index (χ1) is 5.86. The van der Waals surface area contributed by atoms with Gasteiger partial charge in [0.25, 0.3) is 0 Å². The fourth-order valence-electron chi connectivity index (χ4n) is 1.32. The number of ether oxygens (including phenoxy) is 1. The van der Waals surface area contributed by atoms with Crippen LogP contribution >= 0.6 is 15.9 Å². The summed E-state index contributed by atoms with van der Waals surface area (Å²) in [5, 5.41) is 4.13. The van der Waals surface area contributed by atoms with Gasteiger partial charge in [-0.1, -0.05) is 0 Å². The van der Waals surface area contributed by atoms with Crippen molar-refractivity contribution in [1.82, 2.24) is 14.8 Å². The van der Waals surface area contributed by atoms with E-state index in [1.54, 1.807) is 11.0 Å². The fraction of sp³-hybridized carbons (Fsp3) is 0.714. The van der Waals surface area contributed by atoms with Gasteiger partial charge in [0.1, 0.15) is 6.33 Å². The second kappa shape index (κ2) is 3.53. The molecule has 2 rings (SSSR count). The smallest absolute Gasteiger partial charge is 0.217 e. The molecule has 5 heteroatoms. The zero-order valence-corrected chi connectivity index (χ0v) is 8.20. The first-order valence-electron chi connectivity index (χ1n) is 4.04. The molecule has 66 valence electrons. The SMILES string of the molecule is Brc1ncn(C2CCCCO2)n1. The monoisotopic (exact) mass is 231 g/mol. The molecule has 1 unspecified atom stereocenters. The lowest BCUT2D eigenvalue weighted by molar-refractivity contribution is -0.0398. The molecule has 0 aliphatic carbocycles. The Morgan fingerprint density at radius 1 is 1.58 bits per heavy atom. The Kier molecular flexibility index (Phi) is 2.41. The van der Waals surface area contributed by atoms with Crippen molar-refractivity contribution >= 4 is 15.9 Å². The summed E-state index contributed by atoms with van der Waals surface area (Å²) in [6, 6.07) is 0. The predicted octanol–water partition coefficient (Wildman–Crippen LogP) is 1.74. The standard InChI is InChI=1S/C7H10BrN3O/c8-7-9-5-11(10-7)6-3-1-2-4-12-6/h5-6H,1-4H2. The Morgan fingerprint density at radius 3 is 3.08 bits per heavy atom. The van der Waals surface area contributed by atoms with Crippen LogP contribution in [0.25, 0.3) is 0 Å². The lowest BCUT2D eigenvalue weighted by atomic mass is 10.2. The van der Waals surface area contributed by atoms with Crippen LogP contribution in [0, 0.1) is 0 Å². The Bertz CT molecular complexity index is 257. The molecule has 1 aromatic rings. The van der Waals surface area contributed by atoms with Crippen molar-refractivity contribution in [3.63, 3.8) is 0 Å². The van der Waals surface area contributed by atoms with E-state index in [-0.39, 0.29) is 6.23 Å². The molecule has 0 spiro atoms. The Labute approximate surface area is 79.1 Å². The average Bonchev–Trinajstić information content (AvgIpc) is 2.54. The van der Waals surface area contributed by atoms with Crippen LogP contribution in [0.1, 0.15) is 25.5 Å². The third-order valence-electron chi connectivity index (χ3n) is 1.93. The number of hydrogen-bond donors (Lipinski definition) is 0. The molecule has 1 atom stereocenters. The number of nitrogens with zero attached hydrogens (tertiary/aromatic N) is 3. The molecule has 2 heterocycles. The number of halogens is 1. The minimum atomic E-state index is 0.0950. The van der Waals surface area contributed by atoms with Gasteiger partial charge in [0.05, 0.1) is 0 Å². The molecule has 0 radical (unpaired) electrons. The van der Waals surface area contributed by atoms with Crippen LogP contribution in [0.4, 0.5) is 0 Å². The van der Waals surface area contributed by atoms with Crippen LogP contribution in [0.5, 0.6) is 0 Å².